The molecule has 3 rings (SSSR count). The van der Waals surface area contributed by atoms with E-state index >= 15 is 0 Å². The number of hydrogen-bond acceptors (Lipinski definition) is 5. The minimum Gasteiger partial charge on any atom is -0.542 e. The van der Waals surface area contributed by atoms with Gasteiger partial charge in [0.25, 0.3) is 0 Å². The topological polar surface area (TPSA) is 101 Å². The number of nitrogens with zero attached hydrogens (tertiary/aromatic N) is 5. The largest absolute Gasteiger partial charge is 1.00 e. The summed E-state index contributed by atoms with van der Waals surface area (Å²) in [5.74, 6) is -0.184. The minimum absolute atomic E-state index is 0. The average Bonchev–Trinajstić information content (AvgIpc) is 3.19. The number of aromatic nitrogens is 4. The Kier molecular flexibility index (Phi) is 9.01. The Labute approximate surface area is 219 Å². The smallest absolute Gasteiger partial charge is 0.542 e. The van der Waals surface area contributed by atoms with Gasteiger partial charge in [0.2, 0.25) is 0 Å². The normalized spacial score (nSPS) is 11.7. The first-order chi connectivity index (χ1) is 13.8. The molecule has 0 bridgehead atoms. The van der Waals surface area contributed by atoms with E-state index < -0.39 is 15.9 Å². The van der Waals surface area contributed by atoms with Crippen LogP contribution in [0.15, 0.2) is 36.7 Å². The van der Waals surface area contributed by atoms with Crippen LogP contribution in [0.3, 0.4) is 0 Å². The van der Waals surface area contributed by atoms with Crippen LogP contribution in [0.2, 0.25) is 0 Å². The second-order valence-electron chi connectivity index (χ2n) is 6.80. The number of rotatable bonds is 8. The summed E-state index contributed by atoms with van der Waals surface area (Å²) in [4.78, 5) is 16.5. The van der Waals surface area contributed by atoms with Gasteiger partial charge in [-0.2, -0.15) is 5.10 Å². The van der Waals surface area contributed by atoms with E-state index in [1.54, 1.807) is 24.0 Å². The number of hydrogen-bond donors (Lipinski definition) is 0. The van der Waals surface area contributed by atoms with E-state index in [4.69, 9.17) is 0 Å². The summed E-state index contributed by atoms with van der Waals surface area (Å²) in [5, 5.41) is 5.41. The van der Waals surface area contributed by atoms with E-state index in [2.05, 4.69) is 14.8 Å². The second kappa shape index (κ2) is 10.8. The molecule has 0 atom stereocenters. The molecule has 154 valence electrons. The molecule has 3 heterocycles. The Morgan fingerprint density at radius 1 is 1.27 bits per heavy atom. The van der Waals surface area contributed by atoms with Gasteiger partial charge >= 0.3 is 51.4 Å². The van der Waals surface area contributed by atoms with Gasteiger partial charge in [0.05, 0.1) is 21.6 Å². The van der Waals surface area contributed by atoms with Gasteiger partial charge in [0, 0.05) is 36.1 Å². The van der Waals surface area contributed by atoms with Crippen molar-refractivity contribution >= 4 is 33.0 Å². The molecule has 1 amide bonds. The predicted octanol–water partition coefficient (Wildman–Crippen LogP) is 0.505. The van der Waals surface area contributed by atoms with Crippen molar-refractivity contribution in [2.45, 2.75) is 33.1 Å². The van der Waals surface area contributed by atoms with Gasteiger partial charge in [-0.05, 0) is 43.7 Å². The molecule has 0 aliphatic heterocycles. The van der Waals surface area contributed by atoms with E-state index in [9.17, 15) is 13.2 Å². The zero-order valence-corrected chi connectivity index (χ0v) is 21.7. The predicted molar refractivity (Wildman–Crippen MR) is 113 cm³/mol. The molecule has 3 aromatic heterocycles. The van der Waals surface area contributed by atoms with Crippen LogP contribution in [0, 0.1) is 6.92 Å². The molecule has 0 radical (unpaired) electrons. The van der Waals surface area contributed by atoms with Crippen molar-refractivity contribution in [1.29, 1.82) is 0 Å². The number of unbranched alkanes of at least 4 members (excludes halogenated alkanes) is 2. The molecule has 30 heavy (non-hydrogen) atoms. The first-order valence-electron chi connectivity index (χ1n) is 9.46. The van der Waals surface area contributed by atoms with Gasteiger partial charge in [0.1, 0.15) is 11.5 Å². The van der Waals surface area contributed by atoms with E-state index in [1.807, 2.05) is 42.8 Å². The molecule has 0 unspecified atom stereocenters. The third kappa shape index (κ3) is 5.89. The minimum atomic E-state index is -3.76. The molecule has 0 aliphatic carbocycles. The van der Waals surface area contributed by atoms with Gasteiger partial charge in [-0.3, -0.25) is 9.25 Å². The van der Waals surface area contributed by atoms with Crippen molar-refractivity contribution in [3.8, 4) is 5.82 Å². The fourth-order valence-electron chi connectivity index (χ4n) is 3.18. The Morgan fingerprint density at radius 3 is 2.77 bits per heavy atom. The van der Waals surface area contributed by atoms with Crippen molar-refractivity contribution in [2.24, 2.45) is 7.05 Å². The van der Waals surface area contributed by atoms with Gasteiger partial charge < -0.3 is 9.52 Å². The first-order valence-corrected chi connectivity index (χ1v) is 11.1. The summed E-state index contributed by atoms with van der Waals surface area (Å²) in [6.07, 6.45) is 8.51. The maximum absolute atomic E-state index is 12.1. The number of carbonyl (C=O) groups excluding carboxylic acids is 1. The van der Waals surface area contributed by atoms with Crippen LogP contribution in [0.25, 0.3) is 27.6 Å². The molecule has 0 fully saturated rings. The number of aryl methyl sites for hydroxylation is 2. The van der Waals surface area contributed by atoms with Crippen molar-refractivity contribution in [3.63, 3.8) is 0 Å². The molecule has 0 aliphatic rings. The van der Waals surface area contributed by atoms with Gasteiger partial charge in [-0.15, -0.1) is 0 Å². The standard InChI is InChI=1S/C20H25N5O3S.K/c1-4-5-6-14-29(27,28)23-18(26)10-9-17-15(2)22-24(3)20(17)25-13-11-16-8-7-12-21-19(16)25;/h7-13H,4-6,14H2,1-3H3,(H,23,26);/q;+1/p-1/b10-9+;. The van der Waals surface area contributed by atoms with Crippen LogP contribution in [0.4, 0.5) is 0 Å². The van der Waals surface area contributed by atoms with Crippen molar-refractivity contribution < 1.29 is 64.6 Å². The molecule has 0 N–H and O–H groups in total. The molecular weight excluding hydrogens is 429 g/mol. The molecule has 0 saturated heterocycles. The van der Waals surface area contributed by atoms with Crippen molar-refractivity contribution in [2.75, 3.05) is 5.75 Å². The zero-order valence-electron chi connectivity index (χ0n) is 17.7. The molecule has 0 saturated carbocycles. The van der Waals surface area contributed by atoms with Crippen LogP contribution in [0.5, 0.6) is 0 Å². The maximum Gasteiger partial charge on any atom is 1.00 e. The van der Waals surface area contributed by atoms with Crippen molar-refractivity contribution in [3.05, 3.63) is 52.6 Å². The Bertz CT molecular complexity index is 1160. The van der Waals surface area contributed by atoms with Crippen LogP contribution >= 0.6 is 0 Å². The van der Waals surface area contributed by atoms with Crippen molar-refractivity contribution in [1.82, 2.24) is 19.3 Å². The van der Waals surface area contributed by atoms with Crippen LogP contribution in [-0.4, -0.2) is 39.4 Å². The van der Waals surface area contributed by atoms with Crippen LogP contribution in [-0.2, 0) is 21.9 Å². The third-order valence-electron chi connectivity index (χ3n) is 4.54. The van der Waals surface area contributed by atoms with E-state index in [1.165, 1.54) is 6.08 Å². The summed E-state index contributed by atoms with van der Waals surface area (Å²) < 4.78 is 30.9. The average molecular weight is 454 g/mol. The number of sulfonamides is 1. The Morgan fingerprint density at radius 2 is 2.03 bits per heavy atom. The fourth-order valence-corrected chi connectivity index (χ4v) is 4.18. The molecule has 10 heteroatoms. The van der Waals surface area contributed by atoms with E-state index in [-0.39, 0.29) is 57.1 Å². The molecule has 0 spiro atoms. The molecule has 3 aromatic rings. The fraction of sp³-hybridized carbons (Fsp3) is 0.350. The van der Waals surface area contributed by atoms with Crippen LogP contribution in [0.1, 0.15) is 37.4 Å². The summed E-state index contributed by atoms with van der Waals surface area (Å²) in [6.45, 7) is 3.81. The number of amides is 1. The van der Waals surface area contributed by atoms with E-state index in [0.717, 1.165) is 29.7 Å². The van der Waals surface area contributed by atoms with Gasteiger partial charge in [-0.25, -0.2) is 13.4 Å². The summed E-state index contributed by atoms with van der Waals surface area (Å²) in [7, 11) is -1.95. The molecule has 8 nitrogen and oxygen atoms in total. The molecule has 0 aromatic carbocycles. The maximum atomic E-state index is 12.1. The summed E-state index contributed by atoms with van der Waals surface area (Å²) in [5.41, 5.74) is 2.16. The number of carbonyl (C=O) groups is 1. The first kappa shape index (κ1) is 25.0. The summed E-state index contributed by atoms with van der Waals surface area (Å²) in [6, 6.07) is 5.77. The van der Waals surface area contributed by atoms with Crippen LogP contribution < -0.4 is 51.4 Å². The van der Waals surface area contributed by atoms with E-state index in [0.29, 0.717) is 17.7 Å². The van der Waals surface area contributed by atoms with Gasteiger partial charge in [0.15, 0.2) is 0 Å². The SMILES string of the molecule is CCCCCS(=O)(=O)[N-]C(=O)/C=C/c1c(C)nn(C)c1-n1ccc2cccnc21.[K+]. The zero-order chi connectivity index (χ0) is 21.0. The summed E-state index contributed by atoms with van der Waals surface area (Å²) >= 11 is 0. The van der Waals surface area contributed by atoms with Gasteiger partial charge in [-0.1, -0.05) is 19.8 Å². The Hall–Kier alpha value is -1.30. The monoisotopic (exact) mass is 453 g/mol. The number of fused-ring (bicyclic) bond motifs is 1. The Balaban J connectivity index is 0.00000320. The quantitative estimate of drug-likeness (QED) is 0.281. The number of pyridine rings is 1. The second-order valence-corrected chi connectivity index (χ2v) is 8.56. The third-order valence-corrected chi connectivity index (χ3v) is 5.80. The molecular formula is C20H24KN5O3S.